The molecule has 1 amide bonds. The lowest BCUT2D eigenvalue weighted by atomic mass is 9.85. The summed E-state index contributed by atoms with van der Waals surface area (Å²) < 4.78 is 43.5. The fraction of sp³-hybridized carbons (Fsp3) is 0.533. The van der Waals surface area contributed by atoms with Gasteiger partial charge in [0.05, 0.1) is 10.9 Å². The number of nitrogens with one attached hydrogen (secondary N) is 1. The topological polar surface area (TPSA) is 38.3 Å². The first-order valence-electron chi connectivity index (χ1n) is 7.19. The van der Waals surface area contributed by atoms with Crippen LogP contribution < -0.4 is 10.1 Å². The van der Waals surface area contributed by atoms with Crippen molar-refractivity contribution in [3.8, 4) is 5.75 Å². The fourth-order valence-corrected chi connectivity index (χ4v) is 2.95. The molecule has 0 saturated heterocycles. The molecular weight excluding hydrogens is 354 g/mol. The molecular formula is C15H16Cl2F3NO2. The molecule has 1 fully saturated rings. The van der Waals surface area contributed by atoms with Crippen LogP contribution in [-0.2, 0) is 4.79 Å². The van der Waals surface area contributed by atoms with Crippen LogP contribution in [0.25, 0.3) is 0 Å². The molecule has 0 aromatic heterocycles. The summed E-state index contributed by atoms with van der Waals surface area (Å²) in [5, 5.41) is 3.30. The Kier molecular flexibility index (Phi) is 6.03. The van der Waals surface area contributed by atoms with Gasteiger partial charge in [-0.25, -0.2) is 0 Å². The molecule has 2 rings (SSSR count). The Balaban J connectivity index is 1.84. The van der Waals surface area contributed by atoms with Crippen LogP contribution in [0.4, 0.5) is 13.2 Å². The van der Waals surface area contributed by atoms with Crippen molar-refractivity contribution < 1.29 is 22.7 Å². The summed E-state index contributed by atoms with van der Waals surface area (Å²) >= 11 is 11.7. The van der Waals surface area contributed by atoms with Crippen molar-refractivity contribution in [2.24, 2.45) is 5.92 Å². The van der Waals surface area contributed by atoms with E-state index >= 15 is 0 Å². The number of carbonyl (C=O) groups is 1. The van der Waals surface area contributed by atoms with Crippen LogP contribution in [-0.4, -0.2) is 24.7 Å². The monoisotopic (exact) mass is 369 g/mol. The highest BCUT2D eigenvalue weighted by Crippen LogP contribution is 2.37. The summed E-state index contributed by atoms with van der Waals surface area (Å²) in [4.78, 5) is 11.8. The second-order valence-electron chi connectivity index (χ2n) is 5.53. The molecule has 1 aromatic carbocycles. The van der Waals surface area contributed by atoms with Crippen molar-refractivity contribution >= 4 is 29.1 Å². The molecule has 0 unspecified atom stereocenters. The molecule has 1 N–H and O–H groups in total. The van der Waals surface area contributed by atoms with Gasteiger partial charge >= 0.3 is 6.18 Å². The maximum absolute atomic E-state index is 12.7. The normalized spacial score (nSPS) is 21.8. The third-order valence-electron chi connectivity index (χ3n) is 3.75. The van der Waals surface area contributed by atoms with Gasteiger partial charge in [0.25, 0.3) is 5.91 Å². The Bertz CT molecular complexity index is 566. The lowest BCUT2D eigenvalue weighted by Gasteiger charge is -2.31. The average Bonchev–Trinajstić information content (AvgIpc) is 2.47. The maximum atomic E-state index is 12.7. The number of alkyl halides is 3. The molecule has 1 saturated carbocycles. The minimum Gasteiger partial charge on any atom is -0.482 e. The lowest BCUT2D eigenvalue weighted by molar-refractivity contribution is -0.184. The van der Waals surface area contributed by atoms with E-state index in [1.165, 1.54) is 12.1 Å². The number of carbonyl (C=O) groups excluding carboxylic acids is 1. The molecule has 1 aromatic rings. The van der Waals surface area contributed by atoms with Gasteiger partial charge in [-0.3, -0.25) is 4.79 Å². The molecule has 2 atom stereocenters. The number of ether oxygens (including phenoxy) is 1. The van der Waals surface area contributed by atoms with E-state index in [0.29, 0.717) is 22.9 Å². The number of halogens is 5. The zero-order valence-electron chi connectivity index (χ0n) is 12.1. The van der Waals surface area contributed by atoms with Gasteiger partial charge < -0.3 is 10.1 Å². The van der Waals surface area contributed by atoms with Gasteiger partial charge in [0, 0.05) is 17.1 Å². The summed E-state index contributed by atoms with van der Waals surface area (Å²) in [6.45, 7) is -0.326. The van der Waals surface area contributed by atoms with Gasteiger partial charge in [0.1, 0.15) is 5.75 Å². The lowest BCUT2D eigenvalue weighted by Crippen LogP contribution is -2.43. The second kappa shape index (κ2) is 7.62. The van der Waals surface area contributed by atoms with E-state index < -0.39 is 24.0 Å². The number of rotatable bonds is 4. The summed E-state index contributed by atoms with van der Waals surface area (Å²) in [7, 11) is 0. The molecule has 0 heterocycles. The predicted octanol–water partition coefficient (Wildman–Crippen LogP) is 4.61. The highest BCUT2D eigenvalue weighted by atomic mass is 35.5. The Hall–Kier alpha value is -1.14. The maximum Gasteiger partial charge on any atom is 0.391 e. The number of hydrogen-bond donors (Lipinski definition) is 1. The first-order valence-corrected chi connectivity index (χ1v) is 7.95. The SMILES string of the molecule is O=C(COc1cc(Cl)ccc1Cl)N[C@H]1CCC[C@H](C(F)(F)F)C1. The van der Waals surface area contributed by atoms with E-state index in [1.54, 1.807) is 6.07 Å². The molecule has 3 nitrogen and oxygen atoms in total. The Labute approximate surface area is 142 Å². The van der Waals surface area contributed by atoms with Crippen LogP contribution in [0.5, 0.6) is 5.75 Å². The van der Waals surface area contributed by atoms with E-state index in [1.807, 2.05) is 0 Å². The van der Waals surface area contributed by atoms with Crippen LogP contribution >= 0.6 is 23.2 Å². The molecule has 0 bridgehead atoms. The van der Waals surface area contributed by atoms with Gasteiger partial charge in [-0.05, 0) is 31.4 Å². The first kappa shape index (κ1) is 18.2. The number of amides is 1. The van der Waals surface area contributed by atoms with Crippen molar-refractivity contribution in [3.05, 3.63) is 28.2 Å². The zero-order valence-corrected chi connectivity index (χ0v) is 13.6. The van der Waals surface area contributed by atoms with Crippen molar-refractivity contribution in [2.45, 2.75) is 37.9 Å². The standard InChI is InChI=1S/C15H16Cl2F3NO2/c16-10-4-5-12(17)13(7-10)23-8-14(22)21-11-3-1-2-9(6-11)15(18,19)20/h4-5,7,9,11H,1-3,6,8H2,(H,21,22)/t9-,11-/m0/s1. The smallest absolute Gasteiger partial charge is 0.391 e. The molecule has 1 aliphatic carbocycles. The Morgan fingerprint density at radius 3 is 2.74 bits per heavy atom. The summed E-state index contributed by atoms with van der Waals surface area (Å²) in [5.41, 5.74) is 0. The third-order valence-corrected chi connectivity index (χ3v) is 4.30. The first-order chi connectivity index (χ1) is 10.8. The van der Waals surface area contributed by atoms with Crippen molar-refractivity contribution in [1.29, 1.82) is 0 Å². The number of hydrogen-bond acceptors (Lipinski definition) is 2. The molecule has 8 heteroatoms. The summed E-state index contributed by atoms with van der Waals surface area (Å²) in [6, 6.07) is 4.10. The van der Waals surface area contributed by atoms with E-state index in [-0.39, 0.29) is 25.2 Å². The Morgan fingerprint density at radius 2 is 2.04 bits per heavy atom. The van der Waals surface area contributed by atoms with Crippen LogP contribution in [0.1, 0.15) is 25.7 Å². The molecule has 0 aliphatic heterocycles. The minimum absolute atomic E-state index is 0.0901. The fourth-order valence-electron chi connectivity index (χ4n) is 2.62. The quantitative estimate of drug-likeness (QED) is 0.841. The van der Waals surface area contributed by atoms with E-state index in [2.05, 4.69) is 5.32 Å². The highest BCUT2D eigenvalue weighted by Gasteiger charge is 2.42. The number of benzene rings is 1. The second-order valence-corrected chi connectivity index (χ2v) is 6.38. The third kappa shape index (κ3) is 5.46. The van der Waals surface area contributed by atoms with Gasteiger partial charge in [0.15, 0.2) is 6.61 Å². The molecule has 0 spiro atoms. The van der Waals surface area contributed by atoms with Crippen molar-refractivity contribution in [2.75, 3.05) is 6.61 Å². The molecule has 23 heavy (non-hydrogen) atoms. The van der Waals surface area contributed by atoms with E-state index in [0.717, 1.165) is 0 Å². The van der Waals surface area contributed by atoms with Crippen LogP contribution in [0.2, 0.25) is 10.0 Å². The highest BCUT2D eigenvalue weighted by molar-refractivity contribution is 6.34. The minimum atomic E-state index is -4.21. The van der Waals surface area contributed by atoms with Crippen LogP contribution in [0, 0.1) is 5.92 Å². The largest absolute Gasteiger partial charge is 0.482 e. The molecule has 0 radical (unpaired) electrons. The summed E-state index contributed by atoms with van der Waals surface area (Å²) in [5.74, 6) is -1.58. The summed E-state index contributed by atoms with van der Waals surface area (Å²) in [6.07, 6.45) is -3.21. The van der Waals surface area contributed by atoms with Gasteiger partial charge in [-0.15, -0.1) is 0 Å². The van der Waals surface area contributed by atoms with Gasteiger partial charge in [-0.1, -0.05) is 29.6 Å². The van der Waals surface area contributed by atoms with E-state index in [4.69, 9.17) is 27.9 Å². The molecule has 128 valence electrons. The van der Waals surface area contributed by atoms with Crippen molar-refractivity contribution in [1.82, 2.24) is 5.32 Å². The van der Waals surface area contributed by atoms with E-state index in [9.17, 15) is 18.0 Å². The van der Waals surface area contributed by atoms with Crippen LogP contribution in [0.3, 0.4) is 0 Å². The van der Waals surface area contributed by atoms with Crippen molar-refractivity contribution in [3.63, 3.8) is 0 Å². The zero-order chi connectivity index (χ0) is 17.0. The van der Waals surface area contributed by atoms with Gasteiger partial charge in [-0.2, -0.15) is 13.2 Å². The predicted molar refractivity (Wildman–Crippen MR) is 81.9 cm³/mol. The average molecular weight is 370 g/mol. The molecule has 1 aliphatic rings. The van der Waals surface area contributed by atoms with Crippen LogP contribution in [0.15, 0.2) is 18.2 Å². The van der Waals surface area contributed by atoms with Gasteiger partial charge in [0.2, 0.25) is 0 Å². The Morgan fingerprint density at radius 1 is 1.30 bits per heavy atom.